The van der Waals surface area contributed by atoms with E-state index in [1.54, 1.807) is 12.1 Å². The minimum atomic E-state index is -4.71. The zero-order valence-electron chi connectivity index (χ0n) is 19.4. The first kappa shape index (κ1) is 25.1. The number of nitrogens with two attached hydrogens (primary N) is 1. The fourth-order valence-electron chi connectivity index (χ4n) is 5.09. The van der Waals surface area contributed by atoms with Crippen molar-refractivity contribution < 1.29 is 22.7 Å². The smallest absolute Gasteiger partial charge is 0.420 e. The summed E-state index contributed by atoms with van der Waals surface area (Å²) in [6.45, 7) is 3.00. The van der Waals surface area contributed by atoms with E-state index in [0.717, 1.165) is 11.1 Å². The highest BCUT2D eigenvalue weighted by Crippen LogP contribution is 2.49. The van der Waals surface area contributed by atoms with Gasteiger partial charge < -0.3 is 10.5 Å². The molecule has 1 heterocycles. The molecule has 0 spiro atoms. The zero-order chi connectivity index (χ0) is 25.3. The minimum absolute atomic E-state index is 0.144. The Labute approximate surface area is 207 Å². The van der Waals surface area contributed by atoms with Crippen molar-refractivity contribution in [2.24, 2.45) is 5.73 Å². The number of amides is 1. The number of carbonyl (C=O) groups excluding carboxylic acids is 1. The maximum absolute atomic E-state index is 14.2. The topological polar surface area (TPSA) is 55.6 Å². The molecule has 0 radical (unpaired) electrons. The molecule has 1 amide bonds. The van der Waals surface area contributed by atoms with Gasteiger partial charge in [-0.25, -0.2) is 0 Å². The lowest BCUT2D eigenvalue weighted by Crippen LogP contribution is -2.22. The van der Waals surface area contributed by atoms with Crippen molar-refractivity contribution in [3.63, 3.8) is 0 Å². The van der Waals surface area contributed by atoms with E-state index in [1.165, 1.54) is 20.1 Å². The molecular formula is C27H26ClF3N2O2. The summed E-state index contributed by atoms with van der Waals surface area (Å²) in [5.74, 6) is -1.67. The Morgan fingerprint density at radius 1 is 1.09 bits per heavy atom. The Bertz CT molecular complexity index is 1210. The third-order valence-electron chi connectivity index (χ3n) is 6.66. The van der Waals surface area contributed by atoms with Gasteiger partial charge in [-0.2, -0.15) is 13.2 Å². The maximum Gasteiger partial charge on any atom is 0.420 e. The van der Waals surface area contributed by atoms with Crippen LogP contribution in [0.4, 0.5) is 13.2 Å². The lowest BCUT2D eigenvalue weighted by atomic mass is 9.81. The van der Waals surface area contributed by atoms with Gasteiger partial charge >= 0.3 is 6.18 Å². The molecule has 0 saturated carbocycles. The van der Waals surface area contributed by atoms with Crippen molar-refractivity contribution in [1.29, 1.82) is 0 Å². The van der Waals surface area contributed by atoms with E-state index in [9.17, 15) is 18.0 Å². The van der Waals surface area contributed by atoms with Gasteiger partial charge in [-0.15, -0.1) is 0 Å². The van der Waals surface area contributed by atoms with Gasteiger partial charge in [0.15, 0.2) is 0 Å². The van der Waals surface area contributed by atoms with Crippen LogP contribution in [-0.2, 0) is 12.7 Å². The van der Waals surface area contributed by atoms with E-state index in [4.69, 9.17) is 22.1 Å². The summed E-state index contributed by atoms with van der Waals surface area (Å²) in [5, 5.41) is 0.577. The van der Waals surface area contributed by atoms with Gasteiger partial charge in [-0.3, -0.25) is 9.69 Å². The van der Waals surface area contributed by atoms with Crippen LogP contribution < -0.4 is 10.5 Å². The van der Waals surface area contributed by atoms with Crippen molar-refractivity contribution in [3.05, 3.63) is 99.1 Å². The normalized spacial score (nSPS) is 18.6. The molecule has 35 heavy (non-hydrogen) atoms. The number of nitrogens with zero attached hydrogens (tertiary/aromatic N) is 1. The number of alkyl halides is 3. The lowest BCUT2D eigenvalue weighted by Gasteiger charge is -2.26. The third kappa shape index (κ3) is 5.16. The SMILES string of the molecule is COc1c(C2CN(Cc3ccccc3)CC2c2ccc(Cl)cc2)cc(C(N)=O)c(C)c1C(F)(F)F. The molecule has 4 rings (SSSR count). The van der Waals surface area contributed by atoms with Crippen molar-refractivity contribution in [2.45, 2.75) is 31.5 Å². The fraction of sp³-hybridized carbons (Fsp3) is 0.296. The second-order valence-electron chi connectivity index (χ2n) is 8.85. The lowest BCUT2D eigenvalue weighted by molar-refractivity contribution is -0.139. The summed E-state index contributed by atoms with van der Waals surface area (Å²) in [7, 11) is 1.23. The Morgan fingerprint density at radius 2 is 1.71 bits per heavy atom. The summed E-state index contributed by atoms with van der Waals surface area (Å²) in [6, 6.07) is 18.7. The molecular weight excluding hydrogens is 477 g/mol. The Balaban J connectivity index is 1.86. The molecule has 3 aromatic carbocycles. The van der Waals surface area contributed by atoms with Gasteiger partial charge in [0, 0.05) is 47.6 Å². The average Bonchev–Trinajstić information content (AvgIpc) is 3.22. The van der Waals surface area contributed by atoms with Crippen LogP contribution in [0.2, 0.25) is 5.02 Å². The molecule has 0 aromatic heterocycles. The number of ether oxygens (including phenoxy) is 1. The number of halogens is 4. The van der Waals surface area contributed by atoms with E-state index in [0.29, 0.717) is 30.2 Å². The summed E-state index contributed by atoms with van der Waals surface area (Å²) in [5.41, 5.74) is 6.56. The number of primary amides is 1. The average molecular weight is 503 g/mol. The van der Waals surface area contributed by atoms with E-state index in [2.05, 4.69) is 4.90 Å². The van der Waals surface area contributed by atoms with E-state index >= 15 is 0 Å². The summed E-state index contributed by atoms with van der Waals surface area (Å²) >= 11 is 6.09. The molecule has 1 fully saturated rings. The van der Waals surface area contributed by atoms with Crippen LogP contribution in [0.1, 0.15) is 50.0 Å². The van der Waals surface area contributed by atoms with Gasteiger partial charge in [0.25, 0.3) is 0 Å². The molecule has 184 valence electrons. The zero-order valence-corrected chi connectivity index (χ0v) is 20.2. The van der Waals surface area contributed by atoms with Crippen LogP contribution in [0.3, 0.4) is 0 Å². The van der Waals surface area contributed by atoms with Gasteiger partial charge in [-0.05, 0) is 41.8 Å². The van der Waals surface area contributed by atoms with Crippen LogP contribution in [0.15, 0.2) is 60.7 Å². The largest absolute Gasteiger partial charge is 0.496 e. The molecule has 2 atom stereocenters. The van der Waals surface area contributed by atoms with Crippen LogP contribution >= 0.6 is 11.6 Å². The molecule has 1 saturated heterocycles. The first-order valence-electron chi connectivity index (χ1n) is 11.2. The van der Waals surface area contributed by atoms with E-state index in [1.807, 2.05) is 42.5 Å². The van der Waals surface area contributed by atoms with E-state index in [-0.39, 0.29) is 28.7 Å². The molecule has 3 aromatic rings. The van der Waals surface area contributed by atoms with Crippen molar-refractivity contribution in [3.8, 4) is 5.75 Å². The molecule has 0 aliphatic carbocycles. The van der Waals surface area contributed by atoms with E-state index < -0.39 is 17.6 Å². The van der Waals surface area contributed by atoms with Crippen LogP contribution in [-0.4, -0.2) is 31.0 Å². The second-order valence-corrected chi connectivity index (χ2v) is 9.29. The van der Waals surface area contributed by atoms with Crippen LogP contribution in [0.5, 0.6) is 5.75 Å². The number of hydrogen-bond acceptors (Lipinski definition) is 3. The van der Waals surface area contributed by atoms with Crippen molar-refractivity contribution >= 4 is 17.5 Å². The second kappa shape index (κ2) is 9.91. The van der Waals surface area contributed by atoms with Gasteiger partial charge in [0.2, 0.25) is 5.91 Å². The quantitative estimate of drug-likeness (QED) is 0.439. The van der Waals surface area contributed by atoms with Gasteiger partial charge in [-0.1, -0.05) is 54.1 Å². The summed E-state index contributed by atoms with van der Waals surface area (Å²) < 4.78 is 47.9. The number of rotatable bonds is 6. The Hall–Kier alpha value is -3.03. The maximum atomic E-state index is 14.2. The first-order chi connectivity index (χ1) is 16.6. The number of methoxy groups -OCH3 is 1. The molecule has 1 aliphatic heterocycles. The van der Waals surface area contributed by atoms with Crippen LogP contribution in [0, 0.1) is 6.92 Å². The molecule has 2 unspecified atom stereocenters. The highest BCUT2D eigenvalue weighted by atomic mass is 35.5. The number of likely N-dealkylation sites (tertiary alicyclic amines) is 1. The molecule has 2 N–H and O–H groups in total. The molecule has 0 bridgehead atoms. The van der Waals surface area contributed by atoms with Crippen molar-refractivity contribution in [2.75, 3.05) is 20.2 Å². The fourth-order valence-corrected chi connectivity index (χ4v) is 5.22. The predicted molar refractivity (Wildman–Crippen MR) is 130 cm³/mol. The number of carbonyl (C=O) groups is 1. The Morgan fingerprint density at radius 3 is 2.29 bits per heavy atom. The monoisotopic (exact) mass is 502 g/mol. The standard InChI is InChI=1S/C27H26ClF3N2O2/c1-16-20(26(32)34)12-21(25(35-2)24(16)27(29,30)31)23-15-33(13-17-6-4-3-5-7-17)14-22(23)18-8-10-19(28)11-9-18/h3-12,22-23H,13-15H2,1-2H3,(H2,32,34). The Kier molecular flexibility index (Phi) is 7.10. The predicted octanol–water partition coefficient (Wildman–Crippen LogP) is 6.16. The molecule has 8 heteroatoms. The van der Waals surface area contributed by atoms with Gasteiger partial charge in [0.1, 0.15) is 11.3 Å². The van der Waals surface area contributed by atoms with Gasteiger partial charge in [0.05, 0.1) is 7.11 Å². The highest BCUT2D eigenvalue weighted by molar-refractivity contribution is 6.30. The van der Waals surface area contributed by atoms with Crippen LogP contribution in [0.25, 0.3) is 0 Å². The third-order valence-corrected chi connectivity index (χ3v) is 6.92. The highest BCUT2D eigenvalue weighted by Gasteiger charge is 2.43. The van der Waals surface area contributed by atoms with Crippen molar-refractivity contribution in [1.82, 2.24) is 4.90 Å². The summed E-state index contributed by atoms with van der Waals surface area (Å²) in [6.07, 6.45) is -4.71. The first-order valence-corrected chi connectivity index (χ1v) is 11.6. The molecule has 1 aliphatic rings. The number of benzene rings is 3. The number of hydrogen-bond donors (Lipinski definition) is 1. The minimum Gasteiger partial charge on any atom is -0.496 e. The molecule has 4 nitrogen and oxygen atoms in total. The summed E-state index contributed by atoms with van der Waals surface area (Å²) in [4.78, 5) is 14.4.